The Morgan fingerprint density at radius 1 is 1.05 bits per heavy atom. The Morgan fingerprint density at radius 3 is 2.71 bits per heavy atom. The van der Waals surface area contributed by atoms with E-state index in [4.69, 9.17) is 5.73 Å². The summed E-state index contributed by atoms with van der Waals surface area (Å²) in [5, 5.41) is 1.20. The molecule has 0 fully saturated rings. The van der Waals surface area contributed by atoms with Crippen LogP contribution in [0.3, 0.4) is 0 Å². The van der Waals surface area contributed by atoms with Crippen LogP contribution in [0, 0.1) is 5.82 Å². The number of hydrogen-bond acceptors (Lipinski definition) is 1. The van der Waals surface area contributed by atoms with Gasteiger partial charge in [-0.05, 0) is 54.6 Å². The highest BCUT2D eigenvalue weighted by atomic mass is 19.1. The summed E-state index contributed by atoms with van der Waals surface area (Å²) in [4.78, 5) is 0. The monoisotopic (exact) mass is 282 g/mol. The second-order valence-corrected chi connectivity index (χ2v) is 5.32. The Bertz CT molecular complexity index is 746. The molecule has 3 aromatic rings. The van der Waals surface area contributed by atoms with Crippen LogP contribution < -0.4 is 5.73 Å². The lowest BCUT2D eigenvalue weighted by molar-refractivity contribution is 0.602. The van der Waals surface area contributed by atoms with Crippen LogP contribution in [-0.2, 0) is 13.0 Å². The third-order valence-corrected chi connectivity index (χ3v) is 3.80. The first-order valence-corrected chi connectivity index (χ1v) is 7.29. The van der Waals surface area contributed by atoms with Gasteiger partial charge in [0.1, 0.15) is 5.82 Å². The lowest BCUT2D eigenvalue weighted by Gasteiger charge is -2.07. The zero-order chi connectivity index (χ0) is 14.7. The molecule has 3 rings (SSSR count). The number of benzene rings is 2. The summed E-state index contributed by atoms with van der Waals surface area (Å²) >= 11 is 0. The molecular weight excluding hydrogens is 263 g/mol. The Hall–Kier alpha value is -2.13. The summed E-state index contributed by atoms with van der Waals surface area (Å²) in [6.07, 6.45) is 4.02. The summed E-state index contributed by atoms with van der Waals surface area (Å²) in [7, 11) is 0. The second kappa shape index (κ2) is 6.10. The standard InChI is InChI=1S/C18H19FN2/c19-17-6-2-1-5-16(17)13-21-11-9-15-12-14(4-3-10-20)7-8-18(15)21/h1-2,5-9,11-12H,3-4,10,13,20H2. The Kier molecular flexibility index (Phi) is 4.02. The second-order valence-electron chi connectivity index (χ2n) is 5.32. The van der Waals surface area contributed by atoms with E-state index in [9.17, 15) is 4.39 Å². The maximum atomic E-state index is 13.8. The zero-order valence-electron chi connectivity index (χ0n) is 11.9. The number of nitrogens with two attached hydrogens (primary N) is 1. The van der Waals surface area contributed by atoms with Crippen molar-refractivity contribution in [3.63, 3.8) is 0 Å². The molecule has 21 heavy (non-hydrogen) atoms. The quantitative estimate of drug-likeness (QED) is 0.759. The van der Waals surface area contributed by atoms with Crippen molar-refractivity contribution in [2.45, 2.75) is 19.4 Å². The van der Waals surface area contributed by atoms with Crippen LogP contribution in [0.15, 0.2) is 54.7 Å². The van der Waals surface area contributed by atoms with Crippen LogP contribution in [0.1, 0.15) is 17.5 Å². The summed E-state index contributed by atoms with van der Waals surface area (Å²) < 4.78 is 15.8. The lowest BCUT2D eigenvalue weighted by Crippen LogP contribution is -2.01. The van der Waals surface area contributed by atoms with Crippen molar-refractivity contribution in [2.24, 2.45) is 5.73 Å². The number of aromatic nitrogens is 1. The third-order valence-electron chi connectivity index (χ3n) is 3.80. The van der Waals surface area contributed by atoms with Crippen molar-refractivity contribution in [3.8, 4) is 0 Å². The minimum Gasteiger partial charge on any atom is -0.343 e. The molecule has 2 N–H and O–H groups in total. The van der Waals surface area contributed by atoms with Gasteiger partial charge in [-0.1, -0.05) is 24.3 Å². The summed E-state index contributed by atoms with van der Waals surface area (Å²) in [5.41, 5.74) is 8.70. The van der Waals surface area contributed by atoms with E-state index in [1.165, 1.54) is 17.0 Å². The molecule has 0 saturated heterocycles. The maximum absolute atomic E-state index is 13.8. The fourth-order valence-corrected chi connectivity index (χ4v) is 2.66. The Balaban J connectivity index is 1.88. The third kappa shape index (κ3) is 2.98. The SMILES string of the molecule is NCCCc1ccc2c(ccn2Cc2ccccc2F)c1. The van der Waals surface area contributed by atoms with Crippen molar-refractivity contribution in [3.05, 3.63) is 71.7 Å². The topological polar surface area (TPSA) is 30.9 Å². The van der Waals surface area contributed by atoms with Crippen LogP contribution in [0.4, 0.5) is 4.39 Å². The van der Waals surface area contributed by atoms with Gasteiger partial charge in [0.2, 0.25) is 0 Å². The van der Waals surface area contributed by atoms with E-state index in [0.29, 0.717) is 18.7 Å². The fourth-order valence-electron chi connectivity index (χ4n) is 2.66. The van der Waals surface area contributed by atoms with E-state index in [2.05, 4.69) is 28.8 Å². The summed E-state index contributed by atoms with van der Waals surface area (Å²) in [6, 6.07) is 15.5. The molecule has 2 aromatic carbocycles. The molecule has 3 heteroatoms. The minimum absolute atomic E-state index is 0.154. The molecule has 0 aliphatic heterocycles. The molecular formula is C18H19FN2. The molecule has 0 aliphatic carbocycles. The predicted molar refractivity (Wildman–Crippen MR) is 84.8 cm³/mol. The van der Waals surface area contributed by atoms with Gasteiger partial charge in [0.15, 0.2) is 0 Å². The van der Waals surface area contributed by atoms with Gasteiger partial charge in [0.05, 0.1) is 6.54 Å². The van der Waals surface area contributed by atoms with Crippen LogP contribution in [0.2, 0.25) is 0 Å². The van der Waals surface area contributed by atoms with Gasteiger partial charge in [-0.2, -0.15) is 0 Å². The van der Waals surface area contributed by atoms with Gasteiger partial charge in [-0.25, -0.2) is 4.39 Å². The first-order chi connectivity index (χ1) is 10.3. The normalized spacial score (nSPS) is 11.1. The first kappa shape index (κ1) is 13.8. The number of fused-ring (bicyclic) bond motifs is 1. The van der Waals surface area contributed by atoms with Crippen molar-refractivity contribution >= 4 is 10.9 Å². The molecule has 0 aliphatic rings. The molecule has 0 radical (unpaired) electrons. The van der Waals surface area contributed by atoms with Crippen LogP contribution in [0.25, 0.3) is 10.9 Å². The molecule has 0 atom stereocenters. The highest BCUT2D eigenvalue weighted by Gasteiger charge is 2.06. The first-order valence-electron chi connectivity index (χ1n) is 7.29. The van der Waals surface area contributed by atoms with Gasteiger partial charge < -0.3 is 10.3 Å². The van der Waals surface area contributed by atoms with Crippen LogP contribution in [0.5, 0.6) is 0 Å². The molecule has 1 heterocycles. The molecule has 0 amide bonds. The summed E-state index contributed by atoms with van der Waals surface area (Å²) in [5.74, 6) is -0.154. The average molecular weight is 282 g/mol. The Labute approximate surface area is 124 Å². The molecule has 0 spiro atoms. The van der Waals surface area contributed by atoms with Gasteiger partial charge >= 0.3 is 0 Å². The minimum atomic E-state index is -0.154. The van der Waals surface area contributed by atoms with E-state index in [0.717, 1.165) is 18.4 Å². The molecule has 0 saturated carbocycles. The van der Waals surface area contributed by atoms with E-state index >= 15 is 0 Å². The smallest absolute Gasteiger partial charge is 0.128 e. The highest BCUT2D eigenvalue weighted by Crippen LogP contribution is 2.20. The molecule has 0 unspecified atom stereocenters. The molecule has 1 aromatic heterocycles. The van der Waals surface area contributed by atoms with Crippen molar-refractivity contribution < 1.29 is 4.39 Å². The van der Waals surface area contributed by atoms with Crippen molar-refractivity contribution in [1.82, 2.24) is 4.57 Å². The fraction of sp³-hybridized carbons (Fsp3) is 0.222. The van der Waals surface area contributed by atoms with E-state index in [-0.39, 0.29) is 5.82 Å². The van der Waals surface area contributed by atoms with Gasteiger partial charge in [-0.3, -0.25) is 0 Å². The largest absolute Gasteiger partial charge is 0.343 e. The number of aryl methyl sites for hydroxylation is 1. The van der Waals surface area contributed by atoms with Gasteiger partial charge in [-0.15, -0.1) is 0 Å². The summed E-state index contributed by atoms with van der Waals surface area (Å²) in [6.45, 7) is 1.27. The highest BCUT2D eigenvalue weighted by molar-refractivity contribution is 5.81. The van der Waals surface area contributed by atoms with Crippen LogP contribution >= 0.6 is 0 Å². The average Bonchev–Trinajstić information content (AvgIpc) is 2.90. The van der Waals surface area contributed by atoms with Crippen molar-refractivity contribution in [1.29, 1.82) is 0 Å². The number of nitrogens with zero attached hydrogens (tertiary/aromatic N) is 1. The van der Waals surface area contributed by atoms with Crippen LogP contribution in [-0.4, -0.2) is 11.1 Å². The Morgan fingerprint density at radius 2 is 1.90 bits per heavy atom. The van der Waals surface area contributed by atoms with Gasteiger partial charge in [0.25, 0.3) is 0 Å². The van der Waals surface area contributed by atoms with E-state index < -0.39 is 0 Å². The number of hydrogen-bond donors (Lipinski definition) is 1. The molecule has 0 bridgehead atoms. The van der Waals surface area contributed by atoms with Crippen molar-refractivity contribution in [2.75, 3.05) is 6.54 Å². The van der Waals surface area contributed by atoms with E-state index in [1.807, 2.05) is 18.3 Å². The number of rotatable bonds is 5. The van der Waals surface area contributed by atoms with Gasteiger partial charge in [0, 0.05) is 17.3 Å². The number of halogens is 1. The predicted octanol–water partition coefficient (Wildman–Crippen LogP) is 3.72. The van der Waals surface area contributed by atoms with E-state index in [1.54, 1.807) is 6.07 Å². The zero-order valence-corrected chi connectivity index (χ0v) is 11.9. The molecule has 2 nitrogen and oxygen atoms in total. The molecule has 108 valence electrons. The maximum Gasteiger partial charge on any atom is 0.128 e. The lowest BCUT2D eigenvalue weighted by atomic mass is 10.1.